The van der Waals surface area contributed by atoms with E-state index in [0.29, 0.717) is 30.8 Å². The SMILES string of the molecule is CCC[C@H](NC(=O)C1C[C@@H](OC(=O)N2Cc3ccc4c(c3C2)OCO4)CN1C(=O)[C@@H](NC(=O)[C@@H](NC(=O)c1cnccn1)C1CCCCC1)C(C)(C)C)C(=O)C(=O)NC1CC1. The van der Waals surface area contributed by atoms with Crippen LogP contribution in [0.1, 0.15) is 114 Å². The first-order chi connectivity index (χ1) is 29.2. The van der Waals surface area contributed by atoms with Crippen molar-refractivity contribution in [3.05, 3.63) is 47.5 Å². The summed E-state index contributed by atoms with van der Waals surface area (Å²) < 4.78 is 17.2. The van der Waals surface area contributed by atoms with E-state index in [1.807, 2.05) is 13.0 Å². The van der Waals surface area contributed by atoms with E-state index in [0.717, 1.165) is 43.2 Å². The van der Waals surface area contributed by atoms with Crippen molar-refractivity contribution in [1.29, 1.82) is 0 Å². The molecule has 61 heavy (non-hydrogen) atoms. The number of carbonyl (C=O) groups excluding carboxylic acids is 7. The van der Waals surface area contributed by atoms with Crippen molar-refractivity contribution in [2.45, 2.75) is 141 Å². The van der Waals surface area contributed by atoms with E-state index < -0.39 is 77.1 Å². The van der Waals surface area contributed by atoms with Gasteiger partial charge in [-0.3, -0.25) is 38.7 Å². The third kappa shape index (κ3) is 10.0. The molecule has 1 aromatic heterocycles. The van der Waals surface area contributed by atoms with Gasteiger partial charge in [0.25, 0.3) is 11.8 Å². The molecule has 2 aromatic rings. The molecule has 1 saturated heterocycles. The van der Waals surface area contributed by atoms with Gasteiger partial charge in [-0.05, 0) is 55.1 Å². The second kappa shape index (κ2) is 18.4. The molecule has 0 bridgehead atoms. The molecular formula is C43H56N8O10. The molecular weight excluding hydrogens is 789 g/mol. The van der Waals surface area contributed by atoms with Gasteiger partial charge >= 0.3 is 6.09 Å². The van der Waals surface area contributed by atoms with Crippen LogP contribution in [0.15, 0.2) is 30.7 Å². The highest BCUT2D eigenvalue weighted by Crippen LogP contribution is 2.42. The molecule has 6 amide bonds. The van der Waals surface area contributed by atoms with Crippen molar-refractivity contribution in [2.75, 3.05) is 13.3 Å². The summed E-state index contributed by atoms with van der Waals surface area (Å²) in [5.74, 6) is -3.06. The summed E-state index contributed by atoms with van der Waals surface area (Å²) in [6, 6.07) is -1.01. The first-order valence-electron chi connectivity index (χ1n) is 21.4. The number of benzene rings is 1. The van der Waals surface area contributed by atoms with E-state index >= 15 is 0 Å². The average Bonchev–Trinajstić information content (AvgIpc) is 3.57. The summed E-state index contributed by atoms with van der Waals surface area (Å²) in [6.45, 7) is 7.49. The van der Waals surface area contributed by atoms with E-state index in [4.69, 9.17) is 14.2 Å². The topological polar surface area (TPSA) is 228 Å². The number of nitrogens with one attached hydrogen (secondary N) is 4. The third-order valence-corrected chi connectivity index (χ3v) is 12.1. The smallest absolute Gasteiger partial charge is 0.410 e. The molecule has 328 valence electrons. The first kappa shape index (κ1) is 43.3. The zero-order valence-corrected chi connectivity index (χ0v) is 35.2. The van der Waals surface area contributed by atoms with Gasteiger partial charge in [0, 0.05) is 37.0 Å². The minimum atomic E-state index is -1.24. The maximum Gasteiger partial charge on any atom is 0.410 e. The molecule has 2 saturated carbocycles. The molecule has 3 aliphatic heterocycles. The molecule has 0 spiro atoms. The second-order valence-electron chi connectivity index (χ2n) is 17.8. The monoisotopic (exact) mass is 844 g/mol. The molecule has 3 fully saturated rings. The lowest BCUT2D eigenvalue weighted by atomic mass is 9.82. The van der Waals surface area contributed by atoms with Crippen LogP contribution in [0.4, 0.5) is 4.79 Å². The van der Waals surface area contributed by atoms with Gasteiger partial charge < -0.3 is 40.4 Å². The van der Waals surface area contributed by atoms with Crippen molar-refractivity contribution in [3.63, 3.8) is 0 Å². The third-order valence-electron chi connectivity index (χ3n) is 12.1. The van der Waals surface area contributed by atoms with Crippen LogP contribution in [0.25, 0.3) is 0 Å². The first-order valence-corrected chi connectivity index (χ1v) is 21.4. The van der Waals surface area contributed by atoms with Crippen molar-refractivity contribution in [2.24, 2.45) is 11.3 Å². The second-order valence-corrected chi connectivity index (χ2v) is 17.8. The average molecular weight is 845 g/mol. The van der Waals surface area contributed by atoms with Crippen LogP contribution >= 0.6 is 0 Å². The summed E-state index contributed by atoms with van der Waals surface area (Å²) in [6.07, 6.45) is 8.76. The van der Waals surface area contributed by atoms with E-state index in [-0.39, 0.29) is 56.9 Å². The van der Waals surface area contributed by atoms with Crippen LogP contribution < -0.4 is 30.7 Å². The fourth-order valence-electron chi connectivity index (χ4n) is 8.58. The Balaban J connectivity index is 1.12. The Kier molecular flexibility index (Phi) is 13.1. The number of rotatable bonds is 14. The number of amides is 6. The van der Waals surface area contributed by atoms with Gasteiger partial charge in [-0.2, -0.15) is 0 Å². The van der Waals surface area contributed by atoms with Crippen LogP contribution in [0.5, 0.6) is 11.5 Å². The minimum absolute atomic E-state index is 0.0417. The largest absolute Gasteiger partial charge is 0.454 e. The number of hydrogen-bond donors (Lipinski definition) is 4. The fourth-order valence-corrected chi connectivity index (χ4v) is 8.58. The van der Waals surface area contributed by atoms with Gasteiger partial charge in [0.15, 0.2) is 11.5 Å². The van der Waals surface area contributed by atoms with Gasteiger partial charge in [-0.15, -0.1) is 0 Å². The summed E-state index contributed by atoms with van der Waals surface area (Å²) >= 11 is 0. The molecule has 4 N–H and O–H groups in total. The van der Waals surface area contributed by atoms with Crippen LogP contribution in [-0.4, -0.2) is 111 Å². The van der Waals surface area contributed by atoms with Crippen LogP contribution in [0.3, 0.4) is 0 Å². The number of hydrogen-bond acceptors (Lipinski definition) is 12. The summed E-state index contributed by atoms with van der Waals surface area (Å²) in [5, 5.41) is 11.2. The Bertz CT molecular complexity index is 2010. The molecule has 1 unspecified atom stereocenters. The van der Waals surface area contributed by atoms with Crippen molar-refractivity contribution in [1.82, 2.24) is 41.0 Å². The predicted molar refractivity (Wildman–Crippen MR) is 216 cm³/mol. The van der Waals surface area contributed by atoms with Gasteiger partial charge in [0.05, 0.1) is 25.3 Å². The minimum Gasteiger partial charge on any atom is -0.454 e. The Morgan fingerprint density at radius 2 is 1.70 bits per heavy atom. The van der Waals surface area contributed by atoms with Gasteiger partial charge in [0.1, 0.15) is 29.9 Å². The summed E-state index contributed by atoms with van der Waals surface area (Å²) in [5.41, 5.74) is 0.819. The lowest BCUT2D eigenvalue weighted by molar-refractivity contribution is -0.145. The maximum absolute atomic E-state index is 14.9. The van der Waals surface area contributed by atoms with Crippen molar-refractivity contribution >= 4 is 41.4 Å². The number of ketones is 1. The Hall–Kier alpha value is -5.81. The van der Waals surface area contributed by atoms with Gasteiger partial charge in [0.2, 0.25) is 30.3 Å². The molecule has 18 nitrogen and oxygen atoms in total. The zero-order valence-electron chi connectivity index (χ0n) is 35.2. The molecule has 2 aliphatic carbocycles. The fraction of sp³-hybridized carbons (Fsp3) is 0.605. The van der Waals surface area contributed by atoms with Gasteiger partial charge in [-0.1, -0.05) is 59.4 Å². The molecule has 7 rings (SSSR count). The lowest BCUT2D eigenvalue weighted by Crippen LogP contribution is -2.62. The highest BCUT2D eigenvalue weighted by molar-refractivity contribution is 6.38. The maximum atomic E-state index is 14.9. The van der Waals surface area contributed by atoms with E-state index in [9.17, 15) is 33.6 Å². The Morgan fingerprint density at radius 1 is 0.934 bits per heavy atom. The Morgan fingerprint density at radius 3 is 2.39 bits per heavy atom. The number of Topliss-reactive ketones (excluding diaryl/α,β-unsaturated/α-hetero) is 1. The summed E-state index contributed by atoms with van der Waals surface area (Å²) in [4.78, 5) is 108. The quantitative estimate of drug-likeness (QED) is 0.202. The number of aromatic nitrogens is 2. The van der Waals surface area contributed by atoms with Crippen molar-refractivity contribution in [3.8, 4) is 11.5 Å². The summed E-state index contributed by atoms with van der Waals surface area (Å²) in [7, 11) is 0. The highest BCUT2D eigenvalue weighted by Gasteiger charge is 2.48. The number of ether oxygens (including phenoxy) is 3. The van der Waals surface area contributed by atoms with Crippen molar-refractivity contribution < 1.29 is 47.8 Å². The highest BCUT2D eigenvalue weighted by atomic mass is 16.7. The molecule has 4 heterocycles. The number of nitrogens with zero attached hydrogens (tertiary/aromatic N) is 4. The van der Waals surface area contributed by atoms with E-state index in [1.165, 1.54) is 28.4 Å². The lowest BCUT2D eigenvalue weighted by Gasteiger charge is -2.37. The number of carbonyl (C=O) groups is 7. The molecule has 5 atom stereocenters. The normalized spacial score (nSPS) is 21.1. The molecule has 5 aliphatic rings. The zero-order chi connectivity index (χ0) is 43.4. The van der Waals surface area contributed by atoms with E-state index in [1.54, 1.807) is 26.8 Å². The van der Waals surface area contributed by atoms with Crippen LogP contribution in [0.2, 0.25) is 0 Å². The molecule has 1 aromatic carbocycles. The Labute approximate surface area is 354 Å². The predicted octanol–water partition coefficient (Wildman–Crippen LogP) is 2.67. The van der Waals surface area contributed by atoms with Gasteiger partial charge in [-0.25, -0.2) is 9.78 Å². The standard InChI is InChI=1S/C43H56N8O10/c1-5-9-29(34(52)40(56)46-26-13-14-26)47-38(54)31-18-27(61-42(58)50-20-25-12-15-32-35(28(25)22-50)60-23-59-32)21-51(31)41(57)36(43(2,3)4)49-39(55)33(24-10-7-6-8-11-24)48-37(53)30-19-44-16-17-45-30/h12,15-17,19,24,26-27,29,31,33,36H,5-11,13-14,18,20-23H2,1-4H3,(H,46,56)(H,47,54)(H,48,53)(H,49,55)/t27-,29+,31?,33+,36-/m1/s1. The van der Waals surface area contributed by atoms with Crippen LogP contribution in [0, 0.1) is 11.3 Å². The molecule has 18 heteroatoms. The number of likely N-dealkylation sites (tertiary alicyclic amines) is 1. The van der Waals surface area contributed by atoms with Crippen LogP contribution in [-0.2, 0) is 41.8 Å². The number of fused-ring (bicyclic) bond motifs is 3. The molecule has 0 radical (unpaired) electrons. The van der Waals surface area contributed by atoms with E-state index in [2.05, 4.69) is 31.2 Å².